The molecule has 7 heteroatoms. The molecule has 144 valence electrons. The minimum Gasteiger partial charge on any atom is -0.492 e. The maximum Gasteiger partial charge on any atom is 0.122 e. The van der Waals surface area contributed by atoms with Crippen molar-refractivity contribution >= 4 is 11.7 Å². The smallest absolute Gasteiger partial charge is 0.122 e. The third-order valence-corrected chi connectivity index (χ3v) is 4.13. The van der Waals surface area contributed by atoms with Crippen molar-refractivity contribution in [2.75, 3.05) is 32.8 Å². The van der Waals surface area contributed by atoms with Crippen LogP contribution in [0.15, 0.2) is 48.5 Å². The third kappa shape index (κ3) is 6.63. The normalized spacial score (nSPS) is 10.6. The van der Waals surface area contributed by atoms with Gasteiger partial charge in [0.1, 0.15) is 36.4 Å². The number of nitrogens with zero attached hydrogens (tertiary/aromatic N) is 1. The van der Waals surface area contributed by atoms with Gasteiger partial charge in [-0.3, -0.25) is 15.7 Å². The van der Waals surface area contributed by atoms with Crippen LogP contribution in [-0.4, -0.2) is 49.4 Å². The van der Waals surface area contributed by atoms with Gasteiger partial charge in [-0.15, -0.1) is 0 Å². The molecule has 0 aromatic heterocycles. The highest BCUT2D eigenvalue weighted by atomic mass is 16.5. The van der Waals surface area contributed by atoms with Crippen molar-refractivity contribution in [2.24, 2.45) is 11.5 Å². The molecule has 0 bridgehead atoms. The van der Waals surface area contributed by atoms with Gasteiger partial charge in [-0.2, -0.15) is 0 Å². The topological polar surface area (TPSA) is 121 Å². The van der Waals surface area contributed by atoms with Crippen molar-refractivity contribution in [2.45, 2.75) is 6.92 Å². The molecule has 0 unspecified atom stereocenters. The van der Waals surface area contributed by atoms with E-state index >= 15 is 0 Å². The van der Waals surface area contributed by atoms with Crippen LogP contribution < -0.4 is 20.9 Å². The monoisotopic (exact) mass is 369 g/mol. The molecule has 0 aliphatic heterocycles. The van der Waals surface area contributed by atoms with Gasteiger partial charge in [0.05, 0.1) is 0 Å². The SMILES string of the molecule is CCN(CCOc1ccc(C(=N)N)cc1)CCOc1ccc(C(=N)N)cc1. The zero-order chi connectivity index (χ0) is 19.6. The molecule has 0 aliphatic carbocycles. The molecular weight excluding hydrogens is 342 g/mol. The number of nitrogen functional groups attached to an aromatic ring is 2. The highest BCUT2D eigenvalue weighted by Crippen LogP contribution is 2.13. The van der Waals surface area contributed by atoms with Gasteiger partial charge < -0.3 is 20.9 Å². The number of nitrogens with two attached hydrogens (primary N) is 2. The van der Waals surface area contributed by atoms with E-state index in [-0.39, 0.29) is 11.7 Å². The fraction of sp³-hybridized carbons (Fsp3) is 0.300. The predicted octanol–water partition coefficient (Wildman–Crippen LogP) is 2.03. The Hall–Kier alpha value is -3.06. The van der Waals surface area contributed by atoms with Crippen LogP contribution in [0.25, 0.3) is 0 Å². The molecule has 0 saturated heterocycles. The van der Waals surface area contributed by atoms with E-state index in [0.717, 1.165) is 31.1 Å². The first-order chi connectivity index (χ1) is 13.0. The lowest BCUT2D eigenvalue weighted by Gasteiger charge is -2.20. The molecule has 2 aromatic carbocycles. The highest BCUT2D eigenvalue weighted by Gasteiger charge is 2.05. The summed E-state index contributed by atoms with van der Waals surface area (Å²) in [5.74, 6) is 1.63. The summed E-state index contributed by atoms with van der Waals surface area (Å²) in [4.78, 5) is 2.24. The molecule has 0 spiro atoms. The fourth-order valence-electron chi connectivity index (χ4n) is 2.47. The second-order valence-electron chi connectivity index (χ2n) is 6.01. The Morgan fingerprint density at radius 2 is 1.15 bits per heavy atom. The fourth-order valence-corrected chi connectivity index (χ4v) is 2.47. The number of benzene rings is 2. The summed E-state index contributed by atoms with van der Waals surface area (Å²) < 4.78 is 11.5. The van der Waals surface area contributed by atoms with Gasteiger partial charge in [0.25, 0.3) is 0 Å². The molecule has 2 aromatic rings. The number of hydrogen-bond donors (Lipinski definition) is 4. The summed E-state index contributed by atoms with van der Waals surface area (Å²) in [6, 6.07) is 14.4. The largest absolute Gasteiger partial charge is 0.492 e. The molecule has 0 saturated carbocycles. The summed E-state index contributed by atoms with van der Waals surface area (Å²) in [6.07, 6.45) is 0. The zero-order valence-corrected chi connectivity index (χ0v) is 15.6. The van der Waals surface area contributed by atoms with Crippen LogP contribution in [0.2, 0.25) is 0 Å². The molecule has 0 atom stereocenters. The number of likely N-dealkylation sites (N-methyl/N-ethyl adjacent to an activating group) is 1. The number of rotatable bonds is 11. The summed E-state index contributed by atoms with van der Waals surface area (Å²) in [6.45, 7) is 5.72. The van der Waals surface area contributed by atoms with Gasteiger partial charge in [0.15, 0.2) is 0 Å². The summed E-state index contributed by atoms with van der Waals surface area (Å²) >= 11 is 0. The minimum absolute atomic E-state index is 0.0506. The van der Waals surface area contributed by atoms with E-state index in [9.17, 15) is 0 Å². The maximum atomic E-state index is 7.38. The van der Waals surface area contributed by atoms with E-state index in [2.05, 4.69) is 11.8 Å². The third-order valence-electron chi connectivity index (χ3n) is 4.13. The second kappa shape index (κ2) is 10.2. The molecular formula is C20H27N5O2. The van der Waals surface area contributed by atoms with E-state index < -0.39 is 0 Å². The van der Waals surface area contributed by atoms with Crippen LogP contribution in [-0.2, 0) is 0 Å². The van der Waals surface area contributed by atoms with Crippen molar-refractivity contribution in [1.82, 2.24) is 4.90 Å². The number of hydrogen-bond acceptors (Lipinski definition) is 5. The Labute approximate surface area is 159 Å². The van der Waals surface area contributed by atoms with Crippen molar-refractivity contribution in [3.05, 3.63) is 59.7 Å². The lowest BCUT2D eigenvalue weighted by molar-refractivity contribution is 0.182. The Bertz CT molecular complexity index is 680. The van der Waals surface area contributed by atoms with Crippen molar-refractivity contribution < 1.29 is 9.47 Å². The molecule has 0 radical (unpaired) electrons. The van der Waals surface area contributed by atoms with Crippen LogP contribution >= 0.6 is 0 Å². The molecule has 2 rings (SSSR count). The standard InChI is InChI=1S/C20H27N5O2/c1-2-25(11-13-26-17-7-3-15(4-8-17)19(21)22)12-14-27-18-9-5-16(6-10-18)20(23)24/h3-10H,2,11-14H2,1H3,(H3,21,22)(H3,23,24). The number of nitrogens with one attached hydrogen (secondary N) is 2. The molecule has 27 heavy (non-hydrogen) atoms. The van der Waals surface area contributed by atoms with Crippen molar-refractivity contribution in [3.63, 3.8) is 0 Å². The number of amidine groups is 2. The Balaban J connectivity index is 1.70. The van der Waals surface area contributed by atoms with Crippen LogP contribution in [0.4, 0.5) is 0 Å². The molecule has 6 N–H and O–H groups in total. The molecule has 0 fully saturated rings. The molecule has 0 aliphatic rings. The van der Waals surface area contributed by atoms with Crippen molar-refractivity contribution in [1.29, 1.82) is 10.8 Å². The van der Waals surface area contributed by atoms with E-state index in [4.69, 9.17) is 31.8 Å². The average molecular weight is 369 g/mol. The lowest BCUT2D eigenvalue weighted by Crippen LogP contribution is -2.32. The first-order valence-electron chi connectivity index (χ1n) is 8.86. The first kappa shape index (κ1) is 20.3. The molecule has 0 amide bonds. The summed E-state index contributed by atoms with van der Waals surface area (Å²) in [5, 5.41) is 14.8. The quantitative estimate of drug-likeness (QED) is 0.357. The zero-order valence-electron chi connectivity index (χ0n) is 15.6. The van der Waals surface area contributed by atoms with Crippen LogP contribution in [0.1, 0.15) is 18.1 Å². The minimum atomic E-state index is 0.0506. The highest BCUT2D eigenvalue weighted by molar-refractivity contribution is 5.95. The Morgan fingerprint density at radius 3 is 1.44 bits per heavy atom. The number of ether oxygens (including phenoxy) is 2. The average Bonchev–Trinajstić information content (AvgIpc) is 2.67. The second-order valence-corrected chi connectivity index (χ2v) is 6.01. The maximum absolute atomic E-state index is 7.38. The van der Waals surface area contributed by atoms with Gasteiger partial charge in [-0.05, 0) is 55.1 Å². The van der Waals surface area contributed by atoms with Gasteiger partial charge in [0.2, 0.25) is 0 Å². The predicted molar refractivity (Wildman–Crippen MR) is 108 cm³/mol. The van der Waals surface area contributed by atoms with Gasteiger partial charge in [-0.1, -0.05) is 6.92 Å². The van der Waals surface area contributed by atoms with Crippen molar-refractivity contribution in [3.8, 4) is 11.5 Å². The van der Waals surface area contributed by atoms with Gasteiger partial charge >= 0.3 is 0 Å². The Kier molecular flexibility index (Phi) is 7.63. The molecule has 7 nitrogen and oxygen atoms in total. The van der Waals surface area contributed by atoms with Gasteiger partial charge in [-0.25, -0.2) is 0 Å². The first-order valence-corrected chi connectivity index (χ1v) is 8.86. The summed E-state index contributed by atoms with van der Waals surface area (Å²) in [5.41, 5.74) is 12.3. The van der Waals surface area contributed by atoms with Crippen LogP contribution in [0.3, 0.4) is 0 Å². The Morgan fingerprint density at radius 1 is 0.778 bits per heavy atom. The van der Waals surface area contributed by atoms with E-state index in [1.807, 2.05) is 24.3 Å². The molecule has 0 heterocycles. The van der Waals surface area contributed by atoms with E-state index in [1.165, 1.54) is 0 Å². The van der Waals surface area contributed by atoms with E-state index in [0.29, 0.717) is 24.3 Å². The van der Waals surface area contributed by atoms with Gasteiger partial charge in [0, 0.05) is 24.2 Å². The van der Waals surface area contributed by atoms with Crippen LogP contribution in [0, 0.1) is 10.8 Å². The van der Waals surface area contributed by atoms with Crippen LogP contribution in [0.5, 0.6) is 11.5 Å². The summed E-state index contributed by atoms with van der Waals surface area (Å²) in [7, 11) is 0. The van der Waals surface area contributed by atoms with E-state index in [1.54, 1.807) is 24.3 Å². The lowest BCUT2D eigenvalue weighted by atomic mass is 10.2.